The zero-order chi connectivity index (χ0) is 21.6. The van der Waals surface area contributed by atoms with Gasteiger partial charge in [-0.05, 0) is 49.8 Å². The topological polar surface area (TPSA) is 36.0 Å². The Morgan fingerprint density at radius 1 is 0.935 bits per heavy atom. The van der Waals surface area contributed by atoms with Gasteiger partial charge in [-0.2, -0.15) is 0 Å². The summed E-state index contributed by atoms with van der Waals surface area (Å²) in [7, 11) is 1.72. The van der Waals surface area contributed by atoms with Crippen molar-refractivity contribution in [2.24, 2.45) is 5.92 Å². The number of amides is 1. The molecule has 0 aliphatic carbocycles. The number of para-hydroxylation sites is 2. The number of piperidine rings is 1. The lowest BCUT2D eigenvalue weighted by molar-refractivity contribution is -0.138. The fourth-order valence-corrected chi connectivity index (χ4v) is 4.97. The predicted octanol–water partition coefficient (Wildman–Crippen LogP) is 3.69. The number of benzene rings is 2. The standard InChI is InChI=1S/C26H35N3O2/c1-21(27-16-18-28(19-17-27)24-10-6-7-11-25(24)31-2)26(30)29-14-12-23(13-15-29)20-22-8-4-3-5-9-22/h3-11,21,23H,12-20H2,1-2H3/t21-/m1/s1. The number of carbonyl (C=O) groups is 1. The van der Waals surface area contributed by atoms with Crippen LogP contribution in [0.1, 0.15) is 25.3 Å². The summed E-state index contributed by atoms with van der Waals surface area (Å²) in [5.74, 6) is 1.90. The largest absolute Gasteiger partial charge is 0.495 e. The zero-order valence-corrected chi connectivity index (χ0v) is 18.9. The van der Waals surface area contributed by atoms with Crippen molar-refractivity contribution in [2.45, 2.75) is 32.2 Å². The van der Waals surface area contributed by atoms with Crippen molar-refractivity contribution >= 4 is 11.6 Å². The Labute approximate surface area is 186 Å². The monoisotopic (exact) mass is 421 g/mol. The molecule has 2 heterocycles. The third-order valence-electron chi connectivity index (χ3n) is 6.94. The molecule has 2 aliphatic rings. The molecule has 5 nitrogen and oxygen atoms in total. The minimum absolute atomic E-state index is 0.0505. The summed E-state index contributed by atoms with van der Waals surface area (Å²) in [6.07, 6.45) is 3.34. The Morgan fingerprint density at radius 3 is 2.26 bits per heavy atom. The quantitative estimate of drug-likeness (QED) is 0.713. The molecule has 2 aliphatic heterocycles. The molecule has 2 aromatic rings. The molecule has 0 radical (unpaired) electrons. The van der Waals surface area contributed by atoms with E-state index in [1.165, 1.54) is 5.56 Å². The molecule has 0 N–H and O–H groups in total. The summed E-state index contributed by atoms with van der Waals surface area (Å²) in [6.45, 7) is 7.49. The Morgan fingerprint density at radius 2 is 1.58 bits per heavy atom. The summed E-state index contributed by atoms with van der Waals surface area (Å²) in [6, 6.07) is 18.9. The van der Waals surface area contributed by atoms with Crippen LogP contribution in [0, 0.1) is 5.92 Å². The highest BCUT2D eigenvalue weighted by atomic mass is 16.5. The van der Waals surface area contributed by atoms with Crippen LogP contribution in [0.3, 0.4) is 0 Å². The zero-order valence-electron chi connectivity index (χ0n) is 18.9. The molecule has 2 aromatic carbocycles. The van der Waals surface area contributed by atoms with Crippen LogP contribution in [-0.2, 0) is 11.2 Å². The number of likely N-dealkylation sites (tertiary alicyclic amines) is 1. The van der Waals surface area contributed by atoms with Gasteiger partial charge in [-0.25, -0.2) is 0 Å². The molecule has 1 amide bonds. The molecule has 0 saturated carbocycles. The van der Waals surface area contributed by atoms with Gasteiger partial charge in [0.25, 0.3) is 0 Å². The summed E-state index contributed by atoms with van der Waals surface area (Å²) in [5, 5.41) is 0. The average molecular weight is 422 g/mol. The Bertz CT molecular complexity index is 841. The molecule has 5 heteroatoms. The molecule has 166 valence electrons. The van der Waals surface area contributed by atoms with Crippen molar-refractivity contribution in [3.63, 3.8) is 0 Å². The third-order valence-corrected chi connectivity index (χ3v) is 6.94. The second kappa shape index (κ2) is 10.2. The summed E-state index contributed by atoms with van der Waals surface area (Å²) < 4.78 is 5.52. The lowest BCUT2D eigenvalue weighted by Gasteiger charge is -2.41. The van der Waals surface area contributed by atoms with E-state index in [1.54, 1.807) is 7.11 Å². The third kappa shape index (κ3) is 5.21. The van der Waals surface area contributed by atoms with E-state index in [0.29, 0.717) is 11.8 Å². The van der Waals surface area contributed by atoms with Crippen molar-refractivity contribution in [3.05, 3.63) is 60.2 Å². The lowest BCUT2D eigenvalue weighted by atomic mass is 9.90. The number of piperazine rings is 1. The Kier molecular flexibility index (Phi) is 7.13. The Hall–Kier alpha value is -2.53. The van der Waals surface area contributed by atoms with E-state index in [0.717, 1.165) is 70.0 Å². The van der Waals surface area contributed by atoms with Crippen LogP contribution >= 0.6 is 0 Å². The molecule has 0 aromatic heterocycles. The normalized spacial score (nSPS) is 19.3. The summed E-state index contributed by atoms with van der Waals surface area (Å²) in [4.78, 5) is 20.0. The first-order valence-electron chi connectivity index (χ1n) is 11.6. The number of rotatable bonds is 6. The number of carbonyl (C=O) groups excluding carboxylic acids is 1. The predicted molar refractivity (Wildman–Crippen MR) is 126 cm³/mol. The first-order valence-corrected chi connectivity index (χ1v) is 11.6. The van der Waals surface area contributed by atoms with Crippen LogP contribution in [-0.4, -0.2) is 68.1 Å². The second-order valence-electron chi connectivity index (χ2n) is 8.83. The molecular formula is C26H35N3O2. The summed E-state index contributed by atoms with van der Waals surface area (Å²) >= 11 is 0. The fourth-order valence-electron chi connectivity index (χ4n) is 4.97. The molecule has 0 spiro atoms. The second-order valence-corrected chi connectivity index (χ2v) is 8.83. The van der Waals surface area contributed by atoms with Gasteiger partial charge in [-0.15, -0.1) is 0 Å². The van der Waals surface area contributed by atoms with Gasteiger partial charge in [-0.1, -0.05) is 42.5 Å². The fraction of sp³-hybridized carbons (Fsp3) is 0.500. The molecule has 4 rings (SSSR count). The van der Waals surface area contributed by atoms with Crippen LogP contribution < -0.4 is 9.64 Å². The number of ether oxygens (including phenoxy) is 1. The maximum atomic E-state index is 13.2. The minimum atomic E-state index is -0.0505. The average Bonchev–Trinajstić information content (AvgIpc) is 2.84. The van der Waals surface area contributed by atoms with E-state index in [4.69, 9.17) is 4.74 Å². The molecule has 1 atom stereocenters. The van der Waals surface area contributed by atoms with Crippen LogP contribution in [0.25, 0.3) is 0 Å². The van der Waals surface area contributed by atoms with E-state index in [1.807, 2.05) is 12.1 Å². The van der Waals surface area contributed by atoms with E-state index in [-0.39, 0.29) is 6.04 Å². The van der Waals surface area contributed by atoms with Crippen molar-refractivity contribution < 1.29 is 9.53 Å². The van der Waals surface area contributed by atoms with E-state index in [9.17, 15) is 4.79 Å². The van der Waals surface area contributed by atoms with Crippen molar-refractivity contribution in [1.29, 1.82) is 0 Å². The number of hydrogen-bond donors (Lipinski definition) is 0. The van der Waals surface area contributed by atoms with Gasteiger partial charge in [0.15, 0.2) is 0 Å². The highest BCUT2D eigenvalue weighted by molar-refractivity contribution is 5.81. The maximum Gasteiger partial charge on any atom is 0.239 e. The van der Waals surface area contributed by atoms with Crippen LogP contribution in [0.4, 0.5) is 5.69 Å². The molecule has 2 fully saturated rings. The first-order chi connectivity index (χ1) is 15.2. The molecule has 0 unspecified atom stereocenters. The highest BCUT2D eigenvalue weighted by Crippen LogP contribution is 2.29. The van der Waals surface area contributed by atoms with Crippen molar-refractivity contribution in [2.75, 3.05) is 51.3 Å². The smallest absolute Gasteiger partial charge is 0.239 e. The van der Waals surface area contributed by atoms with Crippen molar-refractivity contribution in [1.82, 2.24) is 9.80 Å². The van der Waals surface area contributed by atoms with E-state index >= 15 is 0 Å². The molecule has 0 bridgehead atoms. The molecule has 2 saturated heterocycles. The van der Waals surface area contributed by atoms with E-state index in [2.05, 4.69) is 64.1 Å². The lowest BCUT2D eigenvalue weighted by Crippen LogP contribution is -2.55. The number of nitrogens with zero attached hydrogens (tertiary/aromatic N) is 3. The highest BCUT2D eigenvalue weighted by Gasteiger charge is 2.31. The van der Waals surface area contributed by atoms with Gasteiger partial charge in [0.05, 0.1) is 18.8 Å². The van der Waals surface area contributed by atoms with Gasteiger partial charge in [-0.3, -0.25) is 9.69 Å². The maximum absolute atomic E-state index is 13.2. The molecular weight excluding hydrogens is 386 g/mol. The van der Waals surface area contributed by atoms with E-state index < -0.39 is 0 Å². The first kappa shape index (κ1) is 21.7. The number of hydrogen-bond acceptors (Lipinski definition) is 4. The van der Waals surface area contributed by atoms with Crippen molar-refractivity contribution in [3.8, 4) is 5.75 Å². The summed E-state index contributed by atoms with van der Waals surface area (Å²) in [5.41, 5.74) is 2.55. The van der Waals surface area contributed by atoms with Crippen LogP contribution in [0.15, 0.2) is 54.6 Å². The van der Waals surface area contributed by atoms with Crippen LogP contribution in [0.2, 0.25) is 0 Å². The van der Waals surface area contributed by atoms with Gasteiger partial charge in [0, 0.05) is 39.3 Å². The SMILES string of the molecule is COc1ccccc1N1CCN([C@H](C)C(=O)N2CCC(Cc3ccccc3)CC2)CC1. The minimum Gasteiger partial charge on any atom is -0.495 e. The number of anilines is 1. The Balaban J connectivity index is 1.26. The number of methoxy groups -OCH3 is 1. The van der Waals surface area contributed by atoms with Gasteiger partial charge < -0.3 is 14.5 Å². The van der Waals surface area contributed by atoms with Gasteiger partial charge in [0.2, 0.25) is 5.91 Å². The van der Waals surface area contributed by atoms with Gasteiger partial charge in [0.1, 0.15) is 5.75 Å². The van der Waals surface area contributed by atoms with Crippen LogP contribution in [0.5, 0.6) is 5.75 Å². The van der Waals surface area contributed by atoms with Gasteiger partial charge >= 0.3 is 0 Å². The molecule has 31 heavy (non-hydrogen) atoms.